The van der Waals surface area contributed by atoms with Crippen molar-refractivity contribution in [2.75, 3.05) is 6.61 Å². The van der Waals surface area contributed by atoms with Crippen molar-refractivity contribution in [3.8, 4) is 5.75 Å². The highest BCUT2D eigenvalue weighted by atomic mass is 79.9. The van der Waals surface area contributed by atoms with E-state index in [-0.39, 0.29) is 37.9 Å². The third-order valence-corrected chi connectivity index (χ3v) is 5.63. The second kappa shape index (κ2) is 8.34. The van der Waals surface area contributed by atoms with Crippen LogP contribution >= 0.6 is 15.9 Å². The number of rotatable bonds is 7. The predicted molar refractivity (Wildman–Crippen MR) is 112 cm³/mol. The van der Waals surface area contributed by atoms with E-state index in [0.29, 0.717) is 18.1 Å². The highest BCUT2D eigenvalue weighted by Crippen LogP contribution is 2.46. The van der Waals surface area contributed by atoms with Crippen molar-refractivity contribution in [1.29, 1.82) is 0 Å². The molecular weight excluding hydrogens is 458 g/mol. The molecule has 0 spiro atoms. The Morgan fingerprint density at radius 3 is 2.77 bits per heavy atom. The van der Waals surface area contributed by atoms with Gasteiger partial charge in [0, 0.05) is 28.3 Å². The number of esters is 1. The maximum Gasteiger partial charge on any atom is 0.310 e. The van der Waals surface area contributed by atoms with E-state index in [1.54, 1.807) is 17.7 Å². The zero-order valence-electron chi connectivity index (χ0n) is 16.4. The number of hydrogen-bond donors (Lipinski definition) is 0. The van der Waals surface area contributed by atoms with Gasteiger partial charge in [-0.15, -0.1) is 0 Å². The number of para-hydroxylation sites is 1. The van der Waals surface area contributed by atoms with Crippen LogP contribution in [-0.4, -0.2) is 28.3 Å². The molecule has 0 bridgehead atoms. The van der Waals surface area contributed by atoms with Gasteiger partial charge in [0.2, 0.25) is 0 Å². The van der Waals surface area contributed by atoms with E-state index in [4.69, 9.17) is 9.47 Å². The summed E-state index contributed by atoms with van der Waals surface area (Å²) in [5.74, 6) is -2.38. The summed E-state index contributed by atoms with van der Waals surface area (Å²) in [5, 5.41) is 5.45. The number of alkyl halides is 2. The number of halogens is 3. The molecule has 30 heavy (non-hydrogen) atoms. The first kappa shape index (κ1) is 20.8. The first-order valence-corrected chi connectivity index (χ1v) is 10.6. The van der Waals surface area contributed by atoms with Crippen LogP contribution in [0.15, 0.2) is 46.9 Å². The lowest BCUT2D eigenvalue weighted by Crippen LogP contribution is -2.37. The summed E-state index contributed by atoms with van der Waals surface area (Å²) in [4.78, 5) is 11.9. The molecule has 1 fully saturated rings. The topological polar surface area (TPSA) is 53.4 Å². The Morgan fingerprint density at radius 2 is 2.03 bits per heavy atom. The third-order valence-electron chi connectivity index (χ3n) is 5.14. The molecular formula is C22H21BrF2N2O3. The fourth-order valence-corrected chi connectivity index (χ4v) is 4.03. The number of fused-ring (bicyclic) bond motifs is 1. The summed E-state index contributed by atoms with van der Waals surface area (Å²) in [6.07, 6.45) is -0.299. The standard InChI is InChI=1S/C22H21BrF2N2O3/c1-2-29-21(28)9-14-5-3-4-6-20(14)30-13-18-17-10-15(23)7-8-19(17)27(26-18)16-11-22(24,25)12-16/h3-8,10,16H,2,9,11-13H2,1H3. The molecule has 0 atom stereocenters. The molecule has 0 N–H and O–H groups in total. The predicted octanol–water partition coefficient (Wildman–Crippen LogP) is 5.45. The van der Waals surface area contributed by atoms with Crippen molar-refractivity contribution >= 4 is 32.8 Å². The number of nitrogens with zero attached hydrogens (tertiary/aromatic N) is 2. The summed E-state index contributed by atoms with van der Waals surface area (Å²) in [7, 11) is 0. The lowest BCUT2D eigenvalue weighted by Gasteiger charge is -2.35. The molecule has 1 aromatic heterocycles. The molecule has 1 aliphatic rings. The Labute approximate surface area is 181 Å². The molecule has 1 aliphatic carbocycles. The first-order chi connectivity index (χ1) is 14.4. The van der Waals surface area contributed by atoms with Crippen LogP contribution in [0.3, 0.4) is 0 Å². The van der Waals surface area contributed by atoms with Crippen molar-refractivity contribution < 1.29 is 23.0 Å². The summed E-state index contributed by atoms with van der Waals surface area (Å²) in [6, 6.07) is 12.6. The van der Waals surface area contributed by atoms with Gasteiger partial charge in [-0.2, -0.15) is 5.10 Å². The molecule has 158 valence electrons. The van der Waals surface area contributed by atoms with Gasteiger partial charge in [0.1, 0.15) is 18.1 Å². The molecule has 0 radical (unpaired) electrons. The molecule has 5 nitrogen and oxygen atoms in total. The van der Waals surface area contributed by atoms with E-state index in [2.05, 4.69) is 21.0 Å². The van der Waals surface area contributed by atoms with E-state index in [1.165, 1.54) is 0 Å². The number of carbonyl (C=O) groups is 1. The van der Waals surface area contributed by atoms with Crippen LogP contribution in [0.25, 0.3) is 10.9 Å². The average Bonchev–Trinajstić information content (AvgIpc) is 3.03. The van der Waals surface area contributed by atoms with Crippen LogP contribution in [-0.2, 0) is 22.6 Å². The molecule has 0 aliphatic heterocycles. The van der Waals surface area contributed by atoms with Crippen molar-refractivity contribution in [2.45, 2.75) is 44.8 Å². The van der Waals surface area contributed by atoms with Crippen molar-refractivity contribution in [2.24, 2.45) is 0 Å². The highest BCUT2D eigenvalue weighted by molar-refractivity contribution is 9.10. The quantitative estimate of drug-likeness (QED) is 0.423. The van der Waals surface area contributed by atoms with Crippen LogP contribution in [0.5, 0.6) is 5.75 Å². The van der Waals surface area contributed by atoms with Gasteiger partial charge < -0.3 is 9.47 Å². The molecule has 4 rings (SSSR count). The summed E-state index contributed by atoms with van der Waals surface area (Å²) in [5.41, 5.74) is 2.18. The Balaban J connectivity index is 1.58. The van der Waals surface area contributed by atoms with E-state index in [1.807, 2.05) is 36.4 Å². The van der Waals surface area contributed by atoms with Crippen LogP contribution in [0, 0.1) is 0 Å². The van der Waals surface area contributed by atoms with E-state index < -0.39 is 5.92 Å². The zero-order chi connectivity index (χ0) is 21.3. The monoisotopic (exact) mass is 478 g/mol. The smallest absolute Gasteiger partial charge is 0.310 e. The lowest BCUT2D eigenvalue weighted by molar-refractivity contribution is -0.142. The minimum absolute atomic E-state index is 0.113. The summed E-state index contributed by atoms with van der Waals surface area (Å²) in [6.45, 7) is 2.24. The van der Waals surface area contributed by atoms with Crippen LogP contribution in [0.4, 0.5) is 8.78 Å². The fourth-order valence-electron chi connectivity index (χ4n) is 3.67. The van der Waals surface area contributed by atoms with Crippen molar-refractivity contribution in [3.05, 3.63) is 58.2 Å². The van der Waals surface area contributed by atoms with Gasteiger partial charge in [0.15, 0.2) is 0 Å². The molecule has 2 aromatic carbocycles. The number of aromatic nitrogens is 2. The van der Waals surface area contributed by atoms with E-state index >= 15 is 0 Å². The Bertz CT molecular complexity index is 1080. The van der Waals surface area contributed by atoms with Crippen LogP contribution in [0.2, 0.25) is 0 Å². The second-order valence-electron chi connectivity index (χ2n) is 7.35. The van der Waals surface area contributed by atoms with Gasteiger partial charge in [0.05, 0.1) is 24.6 Å². The number of benzene rings is 2. The summed E-state index contributed by atoms with van der Waals surface area (Å²) >= 11 is 3.46. The fraction of sp³-hybridized carbons (Fsp3) is 0.364. The van der Waals surface area contributed by atoms with Gasteiger partial charge in [-0.1, -0.05) is 34.1 Å². The van der Waals surface area contributed by atoms with Gasteiger partial charge in [-0.25, -0.2) is 8.78 Å². The maximum absolute atomic E-state index is 13.4. The number of ether oxygens (including phenoxy) is 2. The number of hydrogen-bond acceptors (Lipinski definition) is 4. The third kappa shape index (κ3) is 4.33. The molecule has 3 aromatic rings. The molecule has 0 saturated heterocycles. The minimum Gasteiger partial charge on any atom is -0.487 e. The Kier molecular flexibility index (Phi) is 5.77. The molecule has 0 amide bonds. The SMILES string of the molecule is CCOC(=O)Cc1ccccc1OCc1nn(C2CC(F)(F)C2)c2ccc(Br)cc12. The van der Waals surface area contributed by atoms with E-state index in [9.17, 15) is 13.6 Å². The summed E-state index contributed by atoms with van der Waals surface area (Å²) < 4.78 is 40.4. The molecule has 0 unspecified atom stereocenters. The lowest BCUT2D eigenvalue weighted by atomic mass is 9.88. The van der Waals surface area contributed by atoms with Gasteiger partial charge in [-0.3, -0.25) is 9.48 Å². The largest absolute Gasteiger partial charge is 0.487 e. The Hall–Kier alpha value is -2.48. The minimum atomic E-state index is -2.62. The first-order valence-electron chi connectivity index (χ1n) is 9.77. The van der Waals surface area contributed by atoms with Crippen LogP contribution < -0.4 is 4.74 Å². The van der Waals surface area contributed by atoms with Crippen molar-refractivity contribution in [1.82, 2.24) is 9.78 Å². The van der Waals surface area contributed by atoms with E-state index in [0.717, 1.165) is 20.9 Å². The maximum atomic E-state index is 13.4. The molecule has 8 heteroatoms. The normalized spacial score (nSPS) is 15.7. The van der Waals surface area contributed by atoms with Gasteiger partial charge >= 0.3 is 5.97 Å². The average molecular weight is 479 g/mol. The van der Waals surface area contributed by atoms with Crippen molar-refractivity contribution in [3.63, 3.8) is 0 Å². The highest BCUT2D eigenvalue weighted by Gasteiger charge is 2.47. The molecule has 1 saturated carbocycles. The Morgan fingerprint density at radius 1 is 1.27 bits per heavy atom. The second-order valence-corrected chi connectivity index (χ2v) is 8.26. The molecule has 1 heterocycles. The van der Waals surface area contributed by atoms with Gasteiger partial charge in [-0.05, 0) is 31.2 Å². The zero-order valence-corrected chi connectivity index (χ0v) is 18.0. The number of carbonyl (C=O) groups excluding carboxylic acids is 1. The van der Waals surface area contributed by atoms with Gasteiger partial charge in [0.25, 0.3) is 5.92 Å². The van der Waals surface area contributed by atoms with Crippen LogP contribution in [0.1, 0.15) is 37.1 Å².